The van der Waals surface area contributed by atoms with Crippen molar-refractivity contribution in [3.05, 3.63) is 46.2 Å². The normalized spacial score (nSPS) is 13.2. The van der Waals surface area contributed by atoms with Crippen LogP contribution in [0.1, 0.15) is 38.8 Å². The summed E-state index contributed by atoms with van der Waals surface area (Å²) in [6.07, 6.45) is 1.09. The number of aromatic nitrogens is 1. The van der Waals surface area contributed by atoms with E-state index in [2.05, 4.69) is 25.8 Å². The number of benzene rings is 1. The molecule has 90 valence electrons. The van der Waals surface area contributed by atoms with Crippen molar-refractivity contribution in [2.24, 2.45) is 5.92 Å². The summed E-state index contributed by atoms with van der Waals surface area (Å²) >= 11 is 0. The van der Waals surface area contributed by atoms with E-state index in [-0.39, 0.29) is 5.43 Å². The van der Waals surface area contributed by atoms with Gasteiger partial charge in [0.25, 0.3) is 0 Å². The summed E-state index contributed by atoms with van der Waals surface area (Å²) in [4.78, 5) is 15.3. The van der Waals surface area contributed by atoms with E-state index in [4.69, 9.17) is 0 Å². The van der Waals surface area contributed by atoms with Crippen LogP contribution in [-0.2, 0) is 0 Å². The Morgan fingerprint density at radius 3 is 2.59 bits per heavy atom. The zero-order valence-corrected chi connectivity index (χ0v) is 10.7. The van der Waals surface area contributed by atoms with Gasteiger partial charge in [0.05, 0.1) is 0 Å². The van der Waals surface area contributed by atoms with Crippen LogP contribution in [0.5, 0.6) is 0 Å². The minimum atomic E-state index is 0.116. The Labute approximate surface area is 102 Å². The predicted molar refractivity (Wildman–Crippen MR) is 72.4 cm³/mol. The summed E-state index contributed by atoms with van der Waals surface area (Å²) < 4.78 is 0. The van der Waals surface area contributed by atoms with Gasteiger partial charge >= 0.3 is 0 Å². The average Bonchev–Trinajstić information content (AvgIpc) is 2.28. The first-order valence-corrected chi connectivity index (χ1v) is 6.20. The Morgan fingerprint density at radius 1 is 1.18 bits per heavy atom. The predicted octanol–water partition coefficient (Wildman–Crippen LogP) is 3.68. The van der Waals surface area contributed by atoms with E-state index in [1.165, 1.54) is 0 Å². The summed E-state index contributed by atoms with van der Waals surface area (Å²) in [5.74, 6) is 1.03. The Morgan fingerprint density at radius 2 is 1.88 bits per heavy atom. The molecule has 0 amide bonds. The molecule has 0 aliphatic rings. The van der Waals surface area contributed by atoms with Crippen molar-refractivity contribution in [2.45, 2.75) is 33.1 Å². The van der Waals surface area contributed by atoms with Gasteiger partial charge < -0.3 is 4.98 Å². The van der Waals surface area contributed by atoms with E-state index in [0.29, 0.717) is 11.8 Å². The highest BCUT2D eigenvalue weighted by Crippen LogP contribution is 2.21. The molecule has 1 heterocycles. The van der Waals surface area contributed by atoms with Crippen LogP contribution in [0.25, 0.3) is 10.9 Å². The topological polar surface area (TPSA) is 32.9 Å². The van der Waals surface area contributed by atoms with Crippen LogP contribution in [0.4, 0.5) is 0 Å². The van der Waals surface area contributed by atoms with Gasteiger partial charge in [-0.15, -0.1) is 0 Å². The monoisotopic (exact) mass is 229 g/mol. The summed E-state index contributed by atoms with van der Waals surface area (Å²) in [6, 6.07) is 9.42. The van der Waals surface area contributed by atoms with Gasteiger partial charge in [-0.25, -0.2) is 0 Å². The summed E-state index contributed by atoms with van der Waals surface area (Å²) in [5, 5.41) is 0.771. The van der Waals surface area contributed by atoms with Gasteiger partial charge in [-0.3, -0.25) is 4.79 Å². The number of pyridine rings is 1. The first-order chi connectivity index (χ1) is 8.08. The smallest absolute Gasteiger partial charge is 0.189 e. The van der Waals surface area contributed by atoms with Crippen molar-refractivity contribution in [1.82, 2.24) is 4.98 Å². The van der Waals surface area contributed by atoms with Gasteiger partial charge in [-0.1, -0.05) is 32.9 Å². The molecule has 1 unspecified atom stereocenters. The zero-order valence-electron chi connectivity index (χ0n) is 10.7. The van der Waals surface area contributed by atoms with Crippen molar-refractivity contribution < 1.29 is 0 Å². The van der Waals surface area contributed by atoms with Crippen LogP contribution in [0.2, 0.25) is 0 Å². The minimum absolute atomic E-state index is 0.116. The molecule has 1 aromatic carbocycles. The molecule has 1 aromatic heterocycles. The summed E-state index contributed by atoms with van der Waals surface area (Å²) in [6.45, 7) is 6.57. The Balaban J connectivity index is 2.46. The highest BCUT2D eigenvalue weighted by Gasteiger charge is 2.10. The summed E-state index contributed by atoms with van der Waals surface area (Å²) in [7, 11) is 0. The number of nitrogens with one attached hydrogen (secondary N) is 1. The maximum absolute atomic E-state index is 12.0. The standard InChI is InChI=1S/C15H19NO/c1-10(2)8-11(3)14-9-15(17)12-6-4-5-7-13(12)16-14/h4-7,9-11H,8H2,1-3H3,(H,16,17). The highest BCUT2D eigenvalue weighted by atomic mass is 16.1. The molecule has 0 aliphatic carbocycles. The van der Waals surface area contributed by atoms with E-state index < -0.39 is 0 Å². The van der Waals surface area contributed by atoms with Crippen molar-refractivity contribution in [2.75, 3.05) is 0 Å². The molecule has 2 heteroatoms. The van der Waals surface area contributed by atoms with Gasteiger partial charge in [0.2, 0.25) is 0 Å². The first kappa shape index (κ1) is 11.9. The highest BCUT2D eigenvalue weighted by molar-refractivity contribution is 5.78. The quantitative estimate of drug-likeness (QED) is 0.855. The van der Waals surface area contributed by atoms with Crippen molar-refractivity contribution in [1.29, 1.82) is 0 Å². The molecule has 0 bridgehead atoms. The number of para-hydroxylation sites is 1. The molecule has 0 aliphatic heterocycles. The van der Waals surface area contributed by atoms with Crippen molar-refractivity contribution >= 4 is 10.9 Å². The lowest BCUT2D eigenvalue weighted by molar-refractivity contribution is 0.517. The van der Waals surface area contributed by atoms with Crippen molar-refractivity contribution in [3.8, 4) is 0 Å². The van der Waals surface area contributed by atoms with E-state index in [1.807, 2.05) is 24.3 Å². The molecule has 2 rings (SSSR count). The largest absolute Gasteiger partial charge is 0.358 e. The zero-order chi connectivity index (χ0) is 12.4. The molecule has 0 fully saturated rings. The van der Waals surface area contributed by atoms with Crippen LogP contribution < -0.4 is 5.43 Å². The maximum atomic E-state index is 12.0. The Kier molecular flexibility index (Phi) is 3.32. The number of rotatable bonds is 3. The number of aromatic amines is 1. The molecule has 0 radical (unpaired) electrons. The fraction of sp³-hybridized carbons (Fsp3) is 0.400. The van der Waals surface area contributed by atoms with E-state index in [0.717, 1.165) is 23.0 Å². The van der Waals surface area contributed by atoms with Gasteiger partial charge in [0.1, 0.15) is 0 Å². The van der Waals surface area contributed by atoms with Gasteiger partial charge in [-0.05, 0) is 30.4 Å². The number of hydrogen-bond acceptors (Lipinski definition) is 1. The van der Waals surface area contributed by atoms with Crippen LogP contribution in [-0.4, -0.2) is 4.98 Å². The first-order valence-electron chi connectivity index (χ1n) is 6.20. The molecule has 17 heavy (non-hydrogen) atoms. The molecule has 2 aromatic rings. The fourth-order valence-corrected chi connectivity index (χ4v) is 2.32. The van der Waals surface area contributed by atoms with Gasteiger partial charge in [0.15, 0.2) is 5.43 Å². The second-order valence-electron chi connectivity index (χ2n) is 5.17. The van der Waals surface area contributed by atoms with Crippen LogP contribution >= 0.6 is 0 Å². The number of fused-ring (bicyclic) bond motifs is 1. The third kappa shape index (κ3) is 2.57. The number of hydrogen-bond donors (Lipinski definition) is 1. The average molecular weight is 229 g/mol. The van der Waals surface area contributed by atoms with E-state index in [1.54, 1.807) is 6.07 Å². The second kappa shape index (κ2) is 4.74. The SMILES string of the molecule is CC(C)CC(C)c1cc(=O)c2ccccc2[nH]1. The lowest BCUT2D eigenvalue weighted by Gasteiger charge is -2.14. The third-order valence-electron chi connectivity index (χ3n) is 3.11. The van der Waals surface area contributed by atoms with Crippen LogP contribution in [0, 0.1) is 5.92 Å². The Bertz CT molecular complexity index is 568. The molecule has 2 nitrogen and oxygen atoms in total. The lowest BCUT2D eigenvalue weighted by atomic mass is 9.95. The van der Waals surface area contributed by atoms with Gasteiger partial charge in [0, 0.05) is 22.7 Å². The molecular weight excluding hydrogens is 210 g/mol. The lowest BCUT2D eigenvalue weighted by Crippen LogP contribution is -2.08. The maximum Gasteiger partial charge on any atom is 0.189 e. The Hall–Kier alpha value is -1.57. The molecule has 0 saturated carbocycles. The summed E-state index contributed by atoms with van der Waals surface area (Å²) in [5.41, 5.74) is 2.10. The third-order valence-corrected chi connectivity index (χ3v) is 3.11. The number of H-pyrrole nitrogens is 1. The van der Waals surface area contributed by atoms with E-state index >= 15 is 0 Å². The minimum Gasteiger partial charge on any atom is -0.358 e. The van der Waals surface area contributed by atoms with Gasteiger partial charge in [-0.2, -0.15) is 0 Å². The molecule has 1 atom stereocenters. The van der Waals surface area contributed by atoms with Crippen LogP contribution in [0.3, 0.4) is 0 Å². The fourth-order valence-electron chi connectivity index (χ4n) is 2.32. The van der Waals surface area contributed by atoms with Crippen LogP contribution in [0.15, 0.2) is 35.1 Å². The van der Waals surface area contributed by atoms with E-state index in [9.17, 15) is 4.79 Å². The van der Waals surface area contributed by atoms with Crippen molar-refractivity contribution in [3.63, 3.8) is 0 Å². The second-order valence-corrected chi connectivity index (χ2v) is 5.17. The molecule has 1 N–H and O–H groups in total. The molecule has 0 spiro atoms. The molecular formula is C15H19NO. The molecule has 0 saturated heterocycles.